The number of methoxy groups -OCH3 is 1. The molecule has 0 aliphatic rings. The van der Waals surface area contributed by atoms with Crippen LogP contribution in [0.15, 0.2) is 82.2 Å². The van der Waals surface area contributed by atoms with Gasteiger partial charge in [0.1, 0.15) is 22.8 Å². The lowest BCUT2D eigenvalue weighted by Gasteiger charge is -2.07. The highest BCUT2D eigenvalue weighted by Gasteiger charge is 2.07. The summed E-state index contributed by atoms with van der Waals surface area (Å²) in [6.45, 7) is 2.04. The zero-order chi connectivity index (χ0) is 18.8. The Labute approximate surface area is 157 Å². The van der Waals surface area contributed by atoms with Gasteiger partial charge in [-0.25, -0.2) is 4.99 Å². The van der Waals surface area contributed by atoms with E-state index in [9.17, 15) is 5.11 Å². The molecule has 0 unspecified atom stereocenters. The third kappa shape index (κ3) is 3.55. The van der Waals surface area contributed by atoms with Crippen molar-refractivity contribution in [2.24, 2.45) is 4.99 Å². The monoisotopic (exact) mass is 357 g/mol. The van der Waals surface area contributed by atoms with Gasteiger partial charge in [-0.1, -0.05) is 11.6 Å². The average Bonchev–Trinajstić information content (AvgIpc) is 2.70. The van der Waals surface area contributed by atoms with E-state index >= 15 is 0 Å². The van der Waals surface area contributed by atoms with Crippen LogP contribution in [0.1, 0.15) is 5.56 Å². The Morgan fingerprint density at radius 1 is 0.889 bits per heavy atom. The van der Waals surface area contributed by atoms with Crippen molar-refractivity contribution in [3.8, 4) is 22.8 Å². The van der Waals surface area contributed by atoms with E-state index in [4.69, 9.17) is 14.1 Å². The van der Waals surface area contributed by atoms with Gasteiger partial charge in [-0.15, -0.1) is 0 Å². The van der Waals surface area contributed by atoms with Crippen LogP contribution in [0.4, 0.5) is 5.69 Å². The first kappa shape index (κ1) is 16.9. The molecular weight excluding hydrogens is 338 g/mol. The molecule has 0 saturated heterocycles. The largest absolute Gasteiger partial charge is 0.508 e. The van der Waals surface area contributed by atoms with Crippen LogP contribution < -0.4 is 10.1 Å². The van der Waals surface area contributed by atoms with Crippen LogP contribution in [0.5, 0.6) is 11.5 Å². The SMILES string of the molecule is COc1ccc(-c2cc(=Nc3ccc(O)cc3)c3cc(C)ccc3o2)cc1. The fourth-order valence-corrected chi connectivity index (χ4v) is 2.94. The summed E-state index contributed by atoms with van der Waals surface area (Å²) in [7, 11) is 1.65. The van der Waals surface area contributed by atoms with Gasteiger partial charge in [0.15, 0.2) is 0 Å². The molecule has 4 rings (SSSR count). The number of hydrogen-bond donors (Lipinski definition) is 1. The maximum absolute atomic E-state index is 9.50. The molecule has 4 nitrogen and oxygen atoms in total. The fourth-order valence-electron chi connectivity index (χ4n) is 2.94. The van der Waals surface area contributed by atoms with Gasteiger partial charge in [-0.3, -0.25) is 0 Å². The van der Waals surface area contributed by atoms with Gasteiger partial charge in [0, 0.05) is 17.0 Å². The Balaban J connectivity index is 1.94. The van der Waals surface area contributed by atoms with Crippen molar-refractivity contribution >= 4 is 16.7 Å². The van der Waals surface area contributed by atoms with E-state index in [0.29, 0.717) is 0 Å². The van der Waals surface area contributed by atoms with Gasteiger partial charge in [-0.2, -0.15) is 0 Å². The lowest BCUT2D eigenvalue weighted by atomic mass is 10.1. The zero-order valence-corrected chi connectivity index (χ0v) is 15.1. The smallest absolute Gasteiger partial charge is 0.136 e. The molecule has 0 amide bonds. The molecular formula is C23H19NO3. The average molecular weight is 357 g/mol. The Morgan fingerprint density at radius 2 is 1.63 bits per heavy atom. The van der Waals surface area contributed by atoms with Crippen molar-refractivity contribution in [3.05, 3.63) is 83.7 Å². The van der Waals surface area contributed by atoms with Gasteiger partial charge >= 0.3 is 0 Å². The number of aryl methyl sites for hydroxylation is 1. The van der Waals surface area contributed by atoms with Crippen molar-refractivity contribution in [1.82, 2.24) is 0 Å². The molecule has 0 spiro atoms. The summed E-state index contributed by atoms with van der Waals surface area (Å²) < 4.78 is 11.4. The number of phenols is 1. The van der Waals surface area contributed by atoms with Crippen LogP contribution >= 0.6 is 0 Å². The lowest BCUT2D eigenvalue weighted by molar-refractivity contribution is 0.415. The summed E-state index contributed by atoms with van der Waals surface area (Å²) in [6.07, 6.45) is 0. The van der Waals surface area contributed by atoms with Crippen LogP contribution in [-0.4, -0.2) is 12.2 Å². The summed E-state index contributed by atoms with van der Waals surface area (Å²) in [6, 6.07) is 22.6. The number of fused-ring (bicyclic) bond motifs is 1. The molecule has 1 aromatic heterocycles. The van der Waals surface area contributed by atoms with Crippen LogP contribution in [0.3, 0.4) is 0 Å². The summed E-state index contributed by atoms with van der Waals surface area (Å²) in [5.41, 5.74) is 3.62. The molecule has 1 heterocycles. The first-order valence-electron chi connectivity index (χ1n) is 8.65. The molecule has 0 saturated carbocycles. The molecule has 1 N–H and O–H groups in total. The zero-order valence-electron chi connectivity index (χ0n) is 15.1. The highest BCUT2D eigenvalue weighted by atomic mass is 16.5. The van der Waals surface area contributed by atoms with Crippen LogP contribution in [0.25, 0.3) is 22.3 Å². The minimum atomic E-state index is 0.219. The molecule has 0 atom stereocenters. The maximum atomic E-state index is 9.50. The highest BCUT2D eigenvalue weighted by Crippen LogP contribution is 2.25. The van der Waals surface area contributed by atoms with E-state index in [1.54, 1.807) is 31.4 Å². The third-order valence-corrected chi connectivity index (χ3v) is 4.37. The van der Waals surface area contributed by atoms with Crippen molar-refractivity contribution in [3.63, 3.8) is 0 Å². The number of phenolic OH excluding ortho intramolecular Hbond substituents is 1. The number of hydrogen-bond acceptors (Lipinski definition) is 4. The quantitative estimate of drug-likeness (QED) is 0.537. The second kappa shape index (κ2) is 7.00. The van der Waals surface area contributed by atoms with E-state index in [1.165, 1.54) is 0 Å². The molecule has 3 aromatic carbocycles. The first-order valence-corrected chi connectivity index (χ1v) is 8.65. The molecule has 134 valence electrons. The number of nitrogens with zero attached hydrogens (tertiary/aromatic N) is 1. The predicted molar refractivity (Wildman–Crippen MR) is 106 cm³/mol. The molecule has 4 heteroatoms. The minimum Gasteiger partial charge on any atom is -0.508 e. The Morgan fingerprint density at radius 3 is 2.33 bits per heavy atom. The Hall–Kier alpha value is -3.53. The van der Waals surface area contributed by atoms with Crippen molar-refractivity contribution in [2.75, 3.05) is 7.11 Å². The topological polar surface area (TPSA) is 55.0 Å². The van der Waals surface area contributed by atoms with Gasteiger partial charge in [-0.05, 0) is 67.6 Å². The summed E-state index contributed by atoms with van der Waals surface area (Å²) in [5.74, 6) is 1.74. The Bertz CT molecular complexity index is 1160. The highest BCUT2D eigenvalue weighted by molar-refractivity contribution is 5.79. The second-order valence-corrected chi connectivity index (χ2v) is 6.35. The molecule has 0 bridgehead atoms. The van der Waals surface area contributed by atoms with E-state index < -0.39 is 0 Å². The summed E-state index contributed by atoms with van der Waals surface area (Å²) >= 11 is 0. The van der Waals surface area contributed by atoms with E-state index in [0.717, 1.165) is 44.7 Å². The van der Waals surface area contributed by atoms with Crippen molar-refractivity contribution in [2.45, 2.75) is 6.92 Å². The molecule has 0 aliphatic heterocycles. The lowest BCUT2D eigenvalue weighted by Crippen LogP contribution is -2.03. The maximum Gasteiger partial charge on any atom is 0.136 e. The molecule has 0 fully saturated rings. The number of benzene rings is 3. The van der Waals surface area contributed by atoms with Gasteiger partial charge < -0.3 is 14.3 Å². The number of aromatic hydroxyl groups is 1. The van der Waals surface area contributed by atoms with Gasteiger partial charge in [0.2, 0.25) is 0 Å². The standard InChI is InChI=1S/C23H19NO3/c1-15-3-12-22-20(13-15)21(24-17-6-8-18(25)9-7-17)14-23(27-22)16-4-10-19(26-2)11-5-16/h3-14,25H,1-2H3. The molecule has 27 heavy (non-hydrogen) atoms. The van der Waals surface area contributed by atoms with Crippen molar-refractivity contribution in [1.29, 1.82) is 0 Å². The number of ether oxygens (including phenoxy) is 1. The summed E-state index contributed by atoms with van der Waals surface area (Å²) in [5, 5.41) is 11.3. The van der Waals surface area contributed by atoms with Crippen LogP contribution in [-0.2, 0) is 0 Å². The fraction of sp³-hybridized carbons (Fsp3) is 0.0870. The minimum absolute atomic E-state index is 0.219. The normalized spacial score (nSPS) is 11.7. The summed E-state index contributed by atoms with van der Waals surface area (Å²) in [4.78, 5) is 4.78. The van der Waals surface area contributed by atoms with E-state index in [1.807, 2.05) is 49.4 Å². The first-order chi connectivity index (χ1) is 13.1. The van der Waals surface area contributed by atoms with E-state index in [-0.39, 0.29) is 5.75 Å². The molecule has 0 radical (unpaired) electrons. The number of rotatable bonds is 3. The van der Waals surface area contributed by atoms with Crippen molar-refractivity contribution < 1.29 is 14.3 Å². The van der Waals surface area contributed by atoms with Gasteiger partial charge in [0.05, 0.1) is 18.2 Å². The van der Waals surface area contributed by atoms with E-state index in [2.05, 4.69) is 6.07 Å². The molecule has 4 aromatic rings. The third-order valence-electron chi connectivity index (χ3n) is 4.37. The predicted octanol–water partition coefficient (Wildman–Crippen LogP) is 5.35. The second-order valence-electron chi connectivity index (χ2n) is 6.35. The van der Waals surface area contributed by atoms with Crippen LogP contribution in [0.2, 0.25) is 0 Å². The Kier molecular flexibility index (Phi) is 4.38. The van der Waals surface area contributed by atoms with Gasteiger partial charge in [0.25, 0.3) is 0 Å². The van der Waals surface area contributed by atoms with Crippen LogP contribution in [0, 0.1) is 6.92 Å². The molecule has 0 aliphatic carbocycles.